The molecular formula is C24H26ClFN4O4S. The second-order valence-corrected chi connectivity index (χ2v) is 11.5. The third-order valence-corrected chi connectivity index (χ3v) is 9.33. The van der Waals surface area contributed by atoms with E-state index in [1.807, 2.05) is 23.1 Å². The standard InChI is InChI=1S/C24H26ClFN4O4S/c25-18-15-17(7-8-19(18)26)35(33,34)29-13-11-28(12-14-29)16-22(31)30-21-6-2-1-5-20(21)27-23(32)24(30)9-3-4-10-24/h1-2,5-8,15H,3-4,9-14,16H2,(H,27,32). The van der Waals surface area contributed by atoms with E-state index < -0.39 is 21.4 Å². The molecule has 3 aliphatic rings. The number of benzene rings is 2. The number of nitrogens with zero attached hydrogens (tertiary/aromatic N) is 3. The highest BCUT2D eigenvalue weighted by molar-refractivity contribution is 7.89. The van der Waals surface area contributed by atoms with Gasteiger partial charge in [-0.1, -0.05) is 36.6 Å². The van der Waals surface area contributed by atoms with Crippen LogP contribution >= 0.6 is 11.6 Å². The smallest absolute Gasteiger partial charge is 0.250 e. The quantitative estimate of drug-likeness (QED) is 0.669. The molecule has 2 heterocycles. The van der Waals surface area contributed by atoms with Gasteiger partial charge in [0.15, 0.2) is 0 Å². The average Bonchev–Trinajstić information content (AvgIpc) is 3.32. The molecule has 11 heteroatoms. The molecule has 2 aliphatic heterocycles. The number of nitrogens with one attached hydrogen (secondary N) is 1. The molecule has 0 radical (unpaired) electrons. The number of amides is 2. The molecule has 8 nitrogen and oxygen atoms in total. The first kappa shape index (κ1) is 24.2. The minimum absolute atomic E-state index is 0.0625. The molecule has 2 fully saturated rings. The van der Waals surface area contributed by atoms with Crippen molar-refractivity contribution in [2.24, 2.45) is 0 Å². The van der Waals surface area contributed by atoms with Crippen molar-refractivity contribution in [1.29, 1.82) is 0 Å². The van der Waals surface area contributed by atoms with Crippen molar-refractivity contribution in [3.8, 4) is 0 Å². The van der Waals surface area contributed by atoms with Crippen LogP contribution in [-0.2, 0) is 19.6 Å². The second-order valence-electron chi connectivity index (χ2n) is 9.20. The van der Waals surface area contributed by atoms with Crippen molar-refractivity contribution in [2.75, 3.05) is 42.9 Å². The lowest BCUT2D eigenvalue weighted by Crippen LogP contribution is -2.62. The fraction of sp³-hybridized carbons (Fsp3) is 0.417. The van der Waals surface area contributed by atoms with Gasteiger partial charge in [-0.2, -0.15) is 4.31 Å². The molecule has 35 heavy (non-hydrogen) atoms. The van der Waals surface area contributed by atoms with Crippen LogP contribution in [0.1, 0.15) is 25.7 Å². The first-order valence-corrected chi connectivity index (χ1v) is 13.5. The molecule has 0 atom stereocenters. The summed E-state index contributed by atoms with van der Waals surface area (Å²) in [5.41, 5.74) is 0.448. The Kier molecular flexibility index (Phi) is 6.33. The zero-order chi connectivity index (χ0) is 24.8. The lowest BCUT2D eigenvalue weighted by atomic mass is 9.89. The molecular weight excluding hydrogens is 495 g/mol. The van der Waals surface area contributed by atoms with Gasteiger partial charge >= 0.3 is 0 Å². The molecule has 2 aromatic rings. The molecule has 186 valence electrons. The van der Waals surface area contributed by atoms with Crippen LogP contribution in [0.25, 0.3) is 0 Å². The summed E-state index contributed by atoms with van der Waals surface area (Å²) in [6, 6.07) is 10.7. The van der Waals surface area contributed by atoms with Crippen LogP contribution in [0.3, 0.4) is 0 Å². The number of anilines is 2. The van der Waals surface area contributed by atoms with E-state index in [0.29, 0.717) is 37.3 Å². The van der Waals surface area contributed by atoms with E-state index in [4.69, 9.17) is 11.6 Å². The predicted octanol–water partition coefficient (Wildman–Crippen LogP) is 3.08. The normalized spacial score (nSPS) is 20.6. The second kappa shape index (κ2) is 9.16. The minimum atomic E-state index is -3.83. The predicted molar refractivity (Wildman–Crippen MR) is 130 cm³/mol. The Balaban J connectivity index is 1.30. The van der Waals surface area contributed by atoms with Crippen LogP contribution in [0.5, 0.6) is 0 Å². The van der Waals surface area contributed by atoms with E-state index in [-0.39, 0.29) is 41.4 Å². The first-order valence-electron chi connectivity index (χ1n) is 11.6. The summed E-state index contributed by atoms with van der Waals surface area (Å²) >= 11 is 5.77. The van der Waals surface area contributed by atoms with Crippen LogP contribution in [0.15, 0.2) is 47.4 Å². The van der Waals surface area contributed by atoms with Gasteiger partial charge in [0, 0.05) is 26.2 Å². The number of hydrogen-bond donors (Lipinski definition) is 1. The molecule has 2 amide bonds. The Bertz CT molecular complexity index is 1270. The number of piperazine rings is 1. The van der Waals surface area contributed by atoms with E-state index in [0.717, 1.165) is 25.0 Å². The van der Waals surface area contributed by atoms with Gasteiger partial charge in [-0.25, -0.2) is 12.8 Å². The highest BCUT2D eigenvalue weighted by Gasteiger charge is 2.52. The van der Waals surface area contributed by atoms with E-state index in [2.05, 4.69) is 5.32 Å². The number of halogens is 2. The lowest BCUT2D eigenvalue weighted by molar-refractivity contribution is -0.128. The van der Waals surface area contributed by atoms with Crippen LogP contribution in [0.4, 0.5) is 15.8 Å². The monoisotopic (exact) mass is 520 g/mol. The summed E-state index contributed by atoms with van der Waals surface area (Å²) in [4.78, 5) is 30.2. The average molecular weight is 521 g/mol. The lowest BCUT2D eigenvalue weighted by Gasteiger charge is -2.45. The minimum Gasteiger partial charge on any atom is -0.322 e. The summed E-state index contributed by atoms with van der Waals surface area (Å²) in [5.74, 6) is -0.992. The molecule has 5 rings (SSSR count). The molecule has 2 aromatic carbocycles. The maximum atomic E-state index is 13.6. The number of para-hydroxylation sites is 2. The Labute approximate surface area is 208 Å². The summed E-state index contributed by atoms with van der Waals surface area (Å²) in [7, 11) is -3.83. The van der Waals surface area contributed by atoms with Gasteiger partial charge in [0.1, 0.15) is 11.4 Å². The summed E-state index contributed by atoms with van der Waals surface area (Å²) in [5, 5.41) is 2.73. The molecule has 0 aromatic heterocycles. The number of hydrogen-bond acceptors (Lipinski definition) is 5. The van der Waals surface area contributed by atoms with Crippen LogP contribution < -0.4 is 10.2 Å². The number of carbonyl (C=O) groups is 2. The molecule has 1 spiro atoms. The van der Waals surface area contributed by atoms with Gasteiger partial charge < -0.3 is 5.32 Å². The van der Waals surface area contributed by atoms with Crippen molar-refractivity contribution in [3.05, 3.63) is 53.3 Å². The van der Waals surface area contributed by atoms with Crippen molar-refractivity contribution >= 4 is 44.8 Å². The molecule has 0 bridgehead atoms. The van der Waals surface area contributed by atoms with Gasteiger partial charge in [-0.3, -0.25) is 19.4 Å². The van der Waals surface area contributed by atoms with Crippen LogP contribution in [0.2, 0.25) is 5.02 Å². The van der Waals surface area contributed by atoms with Crippen molar-refractivity contribution < 1.29 is 22.4 Å². The Morgan fingerprint density at radius 2 is 1.74 bits per heavy atom. The van der Waals surface area contributed by atoms with Gasteiger partial charge in [0.05, 0.1) is 27.8 Å². The van der Waals surface area contributed by atoms with E-state index in [1.165, 1.54) is 10.4 Å². The zero-order valence-electron chi connectivity index (χ0n) is 19.0. The molecule has 1 aliphatic carbocycles. The van der Waals surface area contributed by atoms with Gasteiger partial charge in [-0.15, -0.1) is 0 Å². The number of fused-ring (bicyclic) bond motifs is 1. The molecule has 1 saturated heterocycles. The summed E-state index contributed by atoms with van der Waals surface area (Å²) in [6.45, 7) is 1.17. The zero-order valence-corrected chi connectivity index (χ0v) is 20.6. The Morgan fingerprint density at radius 3 is 2.43 bits per heavy atom. The van der Waals surface area contributed by atoms with Gasteiger partial charge in [-0.05, 0) is 43.2 Å². The largest absolute Gasteiger partial charge is 0.322 e. The van der Waals surface area contributed by atoms with Crippen molar-refractivity contribution in [2.45, 2.75) is 36.1 Å². The molecule has 1 N–H and O–H groups in total. The fourth-order valence-electron chi connectivity index (χ4n) is 5.31. The highest BCUT2D eigenvalue weighted by atomic mass is 35.5. The van der Waals surface area contributed by atoms with E-state index >= 15 is 0 Å². The fourth-order valence-corrected chi connectivity index (χ4v) is 7.00. The number of carbonyl (C=O) groups excluding carboxylic acids is 2. The third kappa shape index (κ3) is 4.22. The van der Waals surface area contributed by atoms with E-state index in [9.17, 15) is 22.4 Å². The van der Waals surface area contributed by atoms with Crippen molar-refractivity contribution in [1.82, 2.24) is 9.21 Å². The van der Waals surface area contributed by atoms with Crippen LogP contribution in [0, 0.1) is 5.82 Å². The van der Waals surface area contributed by atoms with E-state index in [1.54, 1.807) is 11.0 Å². The number of rotatable bonds is 4. The topological polar surface area (TPSA) is 90.0 Å². The maximum absolute atomic E-state index is 13.6. The highest BCUT2D eigenvalue weighted by Crippen LogP contribution is 2.45. The van der Waals surface area contributed by atoms with Gasteiger partial charge in [0.25, 0.3) is 5.91 Å². The summed E-state index contributed by atoms with van der Waals surface area (Å²) in [6.07, 6.45) is 2.99. The first-order chi connectivity index (χ1) is 16.7. The SMILES string of the molecule is O=C(CN1CCN(S(=O)(=O)c2ccc(F)c(Cl)c2)CC1)N1c2ccccc2NC(=O)C12CCCC2. The Morgan fingerprint density at radius 1 is 1.06 bits per heavy atom. The Hall–Kier alpha value is -2.53. The maximum Gasteiger partial charge on any atom is 0.250 e. The molecule has 0 unspecified atom stereocenters. The third-order valence-electron chi connectivity index (χ3n) is 7.14. The van der Waals surface area contributed by atoms with Gasteiger partial charge in [0.2, 0.25) is 15.9 Å². The molecule has 1 saturated carbocycles. The number of sulfonamides is 1. The van der Waals surface area contributed by atoms with Crippen LogP contribution in [-0.4, -0.2) is 67.7 Å². The van der Waals surface area contributed by atoms with Crippen molar-refractivity contribution in [3.63, 3.8) is 0 Å². The summed E-state index contributed by atoms with van der Waals surface area (Å²) < 4.78 is 40.7.